The molecule has 1 amide bonds. The third kappa shape index (κ3) is 11.5. The summed E-state index contributed by atoms with van der Waals surface area (Å²) in [4.78, 5) is 11.4. The second-order valence-electron chi connectivity index (χ2n) is 5.94. The predicted octanol–water partition coefficient (Wildman–Crippen LogP) is 1.31. The summed E-state index contributed by atoms with van der Waals surface area (Å²) in [7, 11) is 0. The van der Waals surface area contributed by atoms with Crippen LogP contribution in [0.25, 0.3) is 0 Å². The summed E-state index contributed by atoms with van der Waals surface area (Å²) in [6.45, 7) is 13.6. The molecule has 0 aromatic heterocycles. The van der Waals surface area contributed by atoms with Gasteiger partial charge in [-0.25, -0.2) is 0 Å². The molecule has 0 aromatic carbocycles. The Kier molecular flexibility index (Phi) is 5.97. The van der Waals surface area contributed by atoms with Crippen LogP contribution in [0, 0.1) is 0 Å². The first-order chi connectivity index (χ1) is 7.10. The SMILES string of the molecule is CC(C)(C)NC(=O)CNCCOC(C)(C)C. The molecular weight excluding hydrogens is 204 g/mol. The fraction of sp³-hybridized carbons (Fsp3) is 0.917. The first kappa shape index (κ1) is 15.4. The molecule has 0 heterocycles. The maximum Gasteiger partial charge on any atom is 0.234 e. The van der Waals surface area contributed by atoms with Gasteiger partial charge in [0.05, 0.1) is 18.8 Å². The molecule has 0 saturated heterocycles. The minimum atomic E-state index is -0.166. The van der Waals surface area contributed by atoms with Gasteiger partial charge in [0.2, 0.25) is 5.91 Å². The molecule has 0 aliphatic rings. The van der Waals surface area contributed by atoms with Gasteiger partial charge in [0.15, 0.2) is 0 Å². The normalized spacial score (nSPS) is 12.6. The summed E-state index contributed by atoms with van der Waals surface area (Å²) in [5.74, 6) is 0.0169. The molecule has 0 aromatic rings. The fourth-order valence-corrected chi connectivity index (χ4v) is 1.09. The zero-order valence-electron chi connectivity index (χ0n) is 11.4. The van der Waals surface area contributed by atoms with E-state index in [0.717, 1.165) is 0 Å². The van der Waals surface area contributed by atoms with Crippen molar-refractivity contribution in [1.29, 1.82) is 0 Å². The highest BCUT2D eigenvalue weighted by Gasteiger charge is 2.13. The molecule has 96 valence electrons. The van der Waals surface area contributed by atoms with E-state index in [0.29, 0.717) is 19.7 Å². The highest BCUT2D eigenvalue weighted by molar-refractivity contribution is 5.78. The van der Waals surface area contributed by atoms with Gasteiger partial charge in [-0.15, -0.1) is 0 Å². The number of hydrogen-bond donors (Lipinski definition) is 2. The van der Waals surface area contributed by atoms with Crippen LogP contribution in [0.15, 0.2) is 0 Å². The minimum absolute atomic E-state index is 0.0169. The highest BCUT2D eigenvalue weighted by Crippen LogP contribution is 2.04. The number of amides is 1. The number of carbonyl (C=O) groups excluding carboxylic acids is 1. The molecule has 0 unspecified atom stereocenters. The zero-order chi connectivity index (χ0) is 12.8. The van der Waals surface area contributed by atoms with Gasteiger partial charge < -0.3 is 15.4 Å². The van der Waals surface area contributed by atoms with Crippen LogP contribution in [0.4, 0.5) is 0 Å². The van der Waals surface area contributed by atoms with Gasteiger partial charge in [0.25, 0.3) is 0 Å². The molecule has 0 radical (unpaired) electrons. The van der Waals surface area contributed by atoms with E-state index in [4.69, 9.17) is 4.74 Å². The van der Waals surface area contributed by atoms with Crippen LogP contribution in [0.3, 0.4) is 0 Å². The van der Waals surface area contributed by atoms with Gasteiger partial charge in [0, 0.05) is 12.1 Å². The Morgan fingerprint density at radius 1 is 1.12 bits per heavy atom. The number of nitrogens with one attached hydrogen (secondary N) is 2. The van der Waals surface area contributed by atoms with Crippen molar-refractivity contribution in [3.8, 4) is 0 Å². The Bertz CT molecular complexity index is 214. The lowest BCUT2D eigenvalue weighted by Crippen LogP contribution is -2.45. The molecule has 2 N–H and O–H groups in total. The van der Waals surface area contributed by atoms with Crippen molar-refractivity contribution in [1.82, 2.24) is 10.6 Å². The maximum absolute atomic E-state index is 11.4. The lowest BCUT2D eigenvalue weighted by molar-refractivity contribution is -0.121. The van der Waals surface area contributed by atoms with E-state index < -0.39 is 0 Å². The van der Waals surface area contributed by atoms with Crippen molar-refractivity contribution < 1.29 is 9.53 Å². The van der Waals surface area contributed by atoms with Gasteiger partial charge in [-0.05, 0) is 41.5 Å². The third-order valence-electron chi connectivity index (χ3n) is 1.61. The van der Waals surface area contributed by atoms with E-state index in [-0.39, 0.29) is 17.0 Å². The maximum atomic E-state index is 11.4. The molecule has 0 spiro atoms. The largest absolute Gasteiger partial charge is 0.375 e. The summed E-state index contributed by atoms with van der Waals surface area (Å²) in [6, 6.07) is 0. The summed E-state index contributed by atoms with van der Waals surface area (Å²) in [5, 5.41) is 5.93. The molecule has 0 aliphatic carbocycles. The Hall–Kier alpha value is -0.610. The van der Waals surface area contributed by atoms with Gasteiger partial charge >= 0.3 is 0 Å². The van der Waals surface area contributed by atoms with Crippen LogP contribution in [-0.4, -0.2) is 36.7 Å². The van der Waals surface area contributed by atoms with Crippen molar-refractivity contribution in [2.24, 2.45) is 0 Å². The van der Waals surface area contributed by atoms with Crippen LogP contribution < -0.4 is 10.6 Å². The van der Waals surface area contributed by atoms with Crippen LogP contribution >= 0.6 is 0 Å². The van der Waals surface area contributed by atoms with E-state index in [1.165, 1.54) is 0 Å². The molecule has 0 aliphatic heterocycles. The number of rotatable bonds is 5. The smallest absolute Gasteiger partial charge is 0.234 e. The zero-order valence-corrected chi connectivity index (χ0v) is 11.4. The monoisotopic (exact) mass is 230 g/mol. The molecule has 0 bridgehead atoms. The van der Waals surface area contributed by atoms with E-state index in [2.05, 4.69) is 10.6 Å². The molecule has 0 atom stereocenters. The molecule has 0 rings (SSSR count). The van der Waals surface area contributed by atoms with E-state index in [1.54, 1.807) is 0 Å². The van der Waals surface area contributed by atoms with Crippen LogP contribution in [0.2, 0.25) is 0 Å². The predicted molar refractivity (Wildman–Crippen MR) is 66.5 cm³/mol. The summed E-state index contributed by atoms with van der Waals surface area (Å²) >= 11 is 0. The van der Waals surface area contributed by atoms with E-state index in [9.17, 15) is 4.79 Å². The second kappa shape index (κ2) is 6.21. The first-order valence-electron chi connectivity index (χ1n) is 5.76. The van der Waals surface area contributed by atoms with E-state index in [1.807, 2.05) is 41.5 Å². The quantitative estimate of drug-likeness (QED) is 0.700. The first-order valence-corrected chi connectivity index (χ1v) is 5.76. The Morgan fingerprint density at radius 2 is 1.69 bits per heavy atom. The van der Waals surface area contributed by atoms with Crippen LogP contribution in [-0.2, 0) is 9.53 Å². The molecule has 4 nitrogen and oxygen atoms in total. The lowest BCUT2D eigenvalue weighted by Gasteiger charge is -2.21. The lowest BCUT2D eigenvalue weighted by atomic mass is 10.1. The summed E-state index contributed by atoms with van der Waals surface area (Å²) in [6.07, 6.45) is 0. The molecular formula is C12H26N2O2. The molecule has 16 heavy (non-hydrogen) atoms. The molecule has 0 fully saturated rings. The minimum Gasteiger partial charge on any atom is -0.375 e. The summed E-state index contributed by atoms with van der Waals surface area (Å²) < 4.78 is 5.52. The van der Waals surface area contributed by atoms with Crippen LogP contribution in [0.1, 0.15) is 41.5 Å². The Morgan fingerprint density at radius 3 is 2.12 bits per heavy atom. The Labute approximate surface area is 99.1 Å². The van der Waals surface area contributed by atoms with Gasteiger partial charge in [0.1, 0.15) is 0 Å². The van der Waals surface area contributed by atoms with Crippen molar-refractivity contribution in [2.75, 3.05) is 19.7 Å². The second-order valence-corrected chi connectivity index (χ2v) is 5.94. The van der Waals surface area contributed by atoms with Crippen LogP contribution in [0.5, 0.6) is 0 Å². The van der Waals surface area contributed by atoms with Gasteiger partial charge in [-0.1, -0.05) is 0 Å². The van der Waals surface area contributed by atoms with Crippen molar-refractivity contribution in [2.45, 2.75) is 52.7 Å². The van der Waals surface area contributed by atoms with Gasteiger partial charge in [-0.3, -0.25) is 4.79 Å². The van der Waals surface area contributed by atoms with Crippen molar-refractivity contribution >= 4 is 5.91 Å². The van der Waals surface area contributed by atoms with Crippen molar-refractivity contribution in [3.05, 3.63) is 0 Å². The molecule has 0 saturated carbocycles. The van der Waals surface area contributed by atoms with Gasteiger partial charge in [-0.2, -0.15) is 0 Å². The molecule has 4 heteroatoms. The van der Waals surface area contributed by atoms with Crippen molar-refractivity contribution in [3.63, 3.8) is 0 Å². The average Bonchev–Trinajstić information content (AvgIpc) is 1.97. The average molecular weight is 230 g/mol. The van der Waals surface area contributed by atoms with E-state index >= 15 is 0 Å². The number of ether oxygens (including phenoxy) is 1. The Balaban J connectivity index is 3.50. The number of hydrogen-bond acceptors (Lipinski definition) is 3. The topological polar surface area (TPSA) is 50.4 Å². The standard InChI is InChI=1S/C12H26N2O2/c1-11(2,3)14-10(15)9-13-7-8-16-12(4,5)6/h13H,7-9H2,1-6H3,(H,14,15). The number of carbonyl (C=O) groups is 1. The third-order valence-corrected chi connectivity index (χ3v) is 1.61. The summed E-state index contributed by atoms with van der Waals surface area (Å²) in [5.41, 5.74) is -0.282. The fourth-order valence-electron chi connectivity index (χ4n) is 1.09. The highest BCUT2D eigenvalue weighted by atomic mass is 16.5.